The summed E-state index contributed by atoms with van der Waals surface area (Å²) in [5.74, 6) is 0.536. The Bertz CT molecular complexity index is 982. The van der Waals surface area contributed by atoms with Crippen LogP contribution < -0.4 is 14.9 Å². The van der Waals surface area contributed by atoms with Crippen molar-refractivity contribution in [3.05, 3.63) is 39.7 Å². The first kappa shape index (κ1) is 21.8. The van der Waals surface area contributed by atoms with E-state index in [9.17, 15) is 9.59 Å². The molecule has 3 heterocycles. The highest BCUT2D eigenvalue weighted by Gasteiger charge is 2.30. The van der Waals surface area contributed by atoms with Gasteiger partial charge in [0.2, 0.25) is 0 Å². The first-order chi connectivity index (χ1) is 14.4. The summed E-state index contributed by atoms with van der Waals surface area (Å²) >= 11 is 0. The number of ether oxygens (including phenoxy) is 4. The molecular weight excluding hydrogens is 388 g/mol. The molecule has 30 heavy (non-hydrogen) atoms. The molecule has 8 nitrogen and oxygen atoms in total. The fourth-order valence-electron chi connectivity index (χ4n) is 3.69. The highest BCUT2D eigenvalue weighted by atomic mass is 16.5. The molecule has 0 spiro atoms. The zero-order valence-electron chi connectivity index (χ0n) is 18.1. The van der Waals surface area contributed by atoms with Gasteiger partial charge in [-0.05, 0) is 24.0 Å². The average Bonchev–Trinajstić information content (AvgIpc) is 2.74. The topological polar surface area (TPSA) is 88.9 Å². The Morgan fingerprint density at radius 2 is 2.00 bits per heavy atom. The number of pyridine rings is 2. The Morgan fingerprint density at radius 1 is 1.23 bits per heavy atom. The third-order valence-electron chi connectivity index (χ3n) is 5.26. The molecular formula is C22H28N2O6. The number of methoxy groups -OCH3 is 3. The normalized spacial score (nSPS) is 14.8. The van der Waals surface area contributed by atoms with E-state index in [1.807, 2.05) is 10.6 Å². The molecule has 2 aromatic rings. The van der Waals surface area contributed by atoms with Crippen molar-refractivity contribution in [1.29, 1.82) is 0 Å². The first-order valence-corrected chi connectivity index (χ1v) is 9.95. The largest absolute Gasteiger partial charge is 0.488 e. The van der Waals surface area contributed by atoms with Crippen molar-refractivity contribution in [2.45, 2.75) is 32.7 Å². The van der Waals surface area contributed by atoms with Gasteiger partial charge in [0.15, 0.2) is 11.2 Å². The highest BCUT2D eigenvalue weighted by molar-refractivity contribution is 5.89. The van der Waals surface area contributed by atoms with Gasteiger partial charge in [0.1, 0.15) is 5.56 Å². The van der Waals surface area contributed by atoms with Crippen molar-refractivity contribution < 1.29 is 23.7 Å². The summed E-state index contributed by atoms with van der Waals surface area (Å²) in [6.07, 6.45) is 3.02. The van der Waals surface area contributed by atoms with Gasteiger partial charge in [-0.15, -0.1) is 0 Å². The van der Waals surface area contributed by atoms with Crippen molar-refractivity contribution in [3.63, 3.8) is 0 Å². The molecule has 2 aromatic heterocycles. The third kappa shape index (κ3) is 4.18. The van der Waals surface area contributed by atoms with E-state index in [-0.39, 0.29) is 17.5 Å². The van der Waals surface area contributed by atoms with Gasteiger partial charge in [0, 0.05) is 38.4 Å². The molecule has 0 aromatic carbocycles. The van der Waals surface area contributed by atoms with Crippen molar-refractivity contribution in [1.82, 2.24) is 9.55 Å². The zero-order valence-corrected chi connectivity index (χ0v) is 18.1. The number of carbonyl (C=O) groups excluding carboxylic acids is 1. The van der Waals surface area contributed by atoms with Crippen LogP contribution >= 0.6 is 0 Å². The van der Waals surface area contributed by atoms with Crippen LogP contribution in [0.25, 0.3) is 11.4 Å². The van der Waals surface area contributed by atoms with E-state index in [2.05, 4.69) is 18.8 Å². The van der Waals surface area contributed by atoms with E-state index in [1.54, 1.807) is 13.3 Å². The molecule has 0 N–H and O–H groups in total. The van der Waals surface area contributed by atoms with E-state index >= 15 is 0 Å². The van der Waals surface area contributed by atoms with Crippen LogP contribution in [0.15, 0.2) is 23.1 Å². The second-order valence-electron chi connectivity index (χ2n) is 7.55. The lowest BCUT2D eigenvalue weighted by atomic mass is 9.89. The summed E-state index contributed by atoms with van der Waals surface area (Å²) in [4.78, 5) is 29.3. The number of hydrogen-bond acceptors (Lipinski definition) is 7. The Labute approximate surface area is 175 Å². The minimum atomic E-state index is -0.644. The van der Waals surface area contributed by atoms with Crippen molar-refractivity contribution in [2.75, 3.05) is 34.5 Å². The number of hydrogen-bond donors (Lipinski definition) is 0. The molecule has 162 valence electrons. The van der Waals surface area contributed by atoms with Gasteiger partial charge in [0.25, 0.3) is 5.88 Å². The van der Waals surface area contributed by atoms with Gasteiger partial charge in [-0.2, -0.15) is 0 Å². The minimum Gasteiger partial charge on any atom is -0.488 e. The lowest BCUT2D eigenvalue weighted by Crippen LogP contribution is -2.29. The fraction of sp³-hybridized carbons (Fsp3) is 0.500. The van der Waals surface area contributed by atoms with Crippen LogP contribution in [0.3, 0.4) is 0 Å². The van der Waals surface area contributed by atoms with Gasteiger partial charge in [-0.1, -0.05) is 13.8 Å². The second kappa shape index (κ2) is 9.30. The quantitative estimate of drug-likeness (QED) is 0.483. The Hall–Kier alpha value is -2.87. The molecule has 0 saturated heterocycles. The lowest BCUT2D eigenvalue weighted by Gasteiger charge is -2.33. The molecule has 1 atom stereocenters. The van der Waals surface area contributed by atoms with Crippen molar-refractivity contribution in [3.8, 4) is 23.0 Å². The monoisotopic (exact) mass is 416 g/mol. The smallest absolute Gasteiger partial charge is 0.343 e. The second-order valence-corrected chi connectivity index (χ2v) is 7.55. The lowest BCUT2D eigenvalue weighted by molar-refractivity contribution is 0.0598. The zero-order chi connectivity index (χ0) is 21.8. The van der Waals surface area contributed by atoms with Gasteiger partial charge in [-0.3, -0.25) is 4.79 Å². The van der Waals surface area contributed by atoms with Gasteiger partial charge in [0.05, 0.1) is 32.2 Å². The molecule has 1 unspecified atom stereocenters. The fourth-order valence-corrected chi connectivity index (χ4v) is 3.69. The molecule has 0 saturated carbocycles. The summed E-state index contributed by atoms with van der Waals surface area (Å²) in [6.45, 7) is 5.30. The van der Waals surface area contributed by atoms with E-state index in [0.29, 0.717) is 42.7 Å². The van der Waals surface area contributed by atoms with Crippen LogP contribution in [-0.4, -0.2) is 50.1 Å². The van der Waals surface area contributed by atoms with Crippen LogP contribution in [0, 0.1) is 5.92 Å². The molecule has 0 radical (unpaired) electrons. The predicted octanol–water partition coefficient (Wildman–Crippen LogP) is 2.87. The molecule has 8 heteroatoms. The Kier molecular flexibility index (Phi) is 6.77. The van der Waals surface area contributed by atoms with Crippen LogP contribution in [-0.2, 0) is 15.9 Å². The third-order valence-corrected chi connectivity index (χ3v) is 5.26. The van der Waals surface area contributed by atoms with Gasteiger partial charge < -0.3 is 23.5 Å². The maximum atomic E-state index is 12.6. The number of rotatable bonds is 8. The molecule has 0 bridgehead atoms. The van der Waals surface area contributed by atoms with Crippen molar-refractivity contribution >= 4 is 5.97 Å². The molecule has 1 aliphatic heterocycles. The Balaban J connectivity index is 2.10. The highest BCUT2D eigenvalue weighted by Crippen LogP contribution is 2.40. The number of aromatic nitrogens is 2. The number of nitrogens with zero attached hydrogens (tertiary/aromatic N) is 2. The molecule has 3 rings (SSSR count). The van der Waals surface area contributed by atoms with E-state index in [1.165, 1.54) is 20.3 Å². The predicted molar refractivity (Wildman–Crippen MR) is 111 cm³/mol. The van der Waals surface area contributed by atoms with Crippen LogP contribution in [0.1, 0.15) is 42.2 Å². The summed E-state index contributed by atoms with van der Waals surface area (Å²) in [5.41, 5.74) is 1.89. The summed E-state index contributed by atoms with van der Waals surface area (Å²) in [6, 6.07) is 3.43. The van der Waals surface area contributed by atoms with Gasteiger partial charge in [-0.25, -0.2) is 9.78 Å². The van der Waals surface area contributed by atoms with E-state index < -0.39 is 11.4 Å². The molecule has 0 amide bonds. The van der Waals surface area contributed by atoms with E-state index in [4.69, 9.17) is 18.9 Å². The molecule has 0 aliphatic carbocycles. The molecule has 0 fully saturated rings. The van der Waals surface area contributed by atoms with Crippen LogP contribution in [0.5, 0.6) is 11.6 Å². The number of fused-ring (bicyclic) bond motifs is 3. The number of esters is 1. The standard InChI is InChI=1S/C22H28N2O6/c1-13(2)16-9-14-10-19(30-8-6-7-27-3)21(28-4)23-20(14)17-11-18(25)15(12-24(16)17)22(26)29-5/h10-13,16H,6-9H2,1-5H3. The van der Waals surface area contributed by atoms with Gasteiger partial charge >= 0.3 is 5.97 Å². The SMILES string of the molecule is COCCCOc1cc2c(nc1OC)-c1cc(=O)c(C(=O)OC)cn1C(C(C)C)C2. The number of carbonyl (C=O) groups is 1. The van der Waals surface area contributed by atoms with Crippen molar-refractivity contribution in [2.24, 2.45) is 5.92 Å². The Morgan fingerprint density at radius 3 is 2.63 bits per heavy atom. The first-order valence-electron chi connectivity index (χ1n) is 9.95. The summed E-state index contributed by atoms with van der Waals surface area (Å²) in [7, 11) is 4.45. The summed E-state index contributed by atoms with van der Waals surface area (Å²) < 4.78 is 23.1. The molecule has 1 aliphatic rings. The van der Waals surface area contributed by atoms with E-state index in [0.717, 1.165) is 12.0 Å². The maximum absolute atomic E-state index is 12.6. The van der Waals surface area contributed by atoms with Crippen LogP contribution in [0.4, 0.5) is 0 Å². The van der Waals surface area contributed by atoms with Crippen LogP contribution in [0.2, 0.25) is 0 Å². The maximum Gasteiger partial charge on any atom is 0.343 e. The average molecular weight is 416 g/mol. The summed E-state index contributed by atoms with van der Waals surface area (Å²) in [5, 5.41) is 0. The minimum absolute atomic E-state index is 0.0143.